The standard InChI is InChI=1S/C14H17N7O/c15-14-20-12(17-7-9-3-1-5-16-9)11(10-4-2-6-22-10)13-18-8-19-21(13)14/h2,4,6,8-9,16-17H,1,3,5,7H2,(H2,15,20). The van der Waals surface area contributed by atoms with Gasteiger partial charge in [0.25, 0.3) is 0 Å². The predicted molar refractivity (Wildman–Crippen MR) is 82.4 cm³/mol. The molecule has 1 aliphatic rings. The quantitative estimate of drug-likeness (QED) is 0.663. The van der Waals surface area contributed by atoms with Gasteiger partial charge < -0.3 is 20.8 Å². The van der Waals surface area contributed by atoms with Crippen molar-refractivity contribution in [2.45, 2.75) is 18.9 Å². The number of nitrogens with one attached hydrogen (secondary N) is 2. The minimum Gasteiger partial charge on any atom is -0.464 e. The van der Waals surface area contributed by atoms with Gasteiger partial charge in [-0.3, -0.25) is 0 Å². The number of furan rings is 1. The SMILES string of the molecule is Nc1nc(NCC2CCCN2)c(-c2ccco2)c2ncnn12. The number of fused-ring (bicyclic) bond motifs is 1. The van der Waals surface area contributed by atoms with Gasteiger partial charge in [0.2, 0.25) is 5.95 Å². The van der Waals surface area contributed by atoms with E-state index < -0.39 is 0 Å². The molecule has 4 N–H and O–H groups in total. The predicted octanol–water partition coefficient (Wildman–Crippen LogP) is 1.13. The van der Waals surface area contributed by atoms with Crippen molar-refractivity contribution in [2.24, 2.45) is 0 Å². The number of nitrogen functional groups attached to an aromatic ring is 1. The maximum Gasteiger partial charge on any atom is 0.225 e. The van der Waals surface area contributed by atoms with E-state index in [1.165, 1.54) is 17.3 Å². The first-order valence-electron chi connectivity index (χ1n) is 7.33. The maximum atomic E-state index is 5.97. The third-order valence-electron chi connectivity index (χ3n) is 3.90. The molecule has 3 aromatic heterocycles. The van der Waals surface area contributed by atoms with Gasteiger partial charge in [-0.05, 0) is 31.5 Å². The normalized spacial score (nSPS) is 18.1. The van der Waals surface area contributed by atoms with Crippen LogP contribution in [-0.4, -0.2) is 38.7 Å². The first-order chi connectivity index (χ1) is 10.8. The molecular formula is C14H17N7O. The summed E-state index contributed by atoms with van der Waals surface area (Å²) in [5.41, 5.74) is 7.37. The van der Waals surface area contributed by atoms with Crippen LogP contribution in [0.2, 0.25) is 0 Å². The highest BCUT2D eigenvalue weighted by Gasteiger charge is 2.20. The van der Waals surface area contributed by atoms with Crippen molar-refractivity contribution in [3.05, 3.63) is 24.7 Å². The summed E-state index contributed by atoms with van der Waals surface area (Å²) in [5.74, 6) is 1.65. The Hall–Kier alpha value is -2.61. The van der Waals surface area contributed by atoms with Crippen molar-refractivity contribution < 1.29 is 4.42 Å². The average Bonchev–Trinajstić information content (AvgIpc) is 3.26. The number of hydrogen-bond acceptors (Lipinski definition) is 7. The lowest BCUT2D eigenvalue weighted by Gasteiger charge is -2.15. The van der Waals surface area contributed by atoms with E-state index in [0.717, 1.165) is 25.1 Å². The Morgan fingerprint density at radius 1 is 1.50 bits per heavy atom. The molecule has 0 radical (unpaired) electrons. The Kier molecular flexibility index (Phi) is 3.15. The minimum absolute atomic E-state index is 0.296. The minimum atomic E-state index is 0.296. The summed E-state index contributed by atoms with van der Waals surface area (Å²) < 4.78 is 7.04. The zero-order chi connectivity index (χ0) is 14.9. The summed E-state index contributed by atoms with van der Waals surface area (Å²) in [6.07, 6.45) is 5.45. The molecule has 0 aromatic carbocycles. The Morgan fingerprint density at radius 2 is 2.45 bits per heavy atom. The summed E-state index contributed by atoms with van der Waals surface area (Å²) in [7, 11) is 0. The molecule has 0 amide bonds. The van der Waals surface area contributed by atoms with Crippen molar-refractivity contribution in [1.82, 2.24) is 24.9 Å². The fraction of sp³-hybridized carbons (Fsp3) is 0.357. The molecule has 0 bridgehead atoms. The van der Waals surface area contributed by atoms with Crippen molar-refractivity contribution in [2.75, 3.05) is 24.1 Å². The van der Waals surface area contributed by atoms with Crippen LogP contribution in [0.5, 0.6) is 0 Å². The molecule has 8 heteroatoms. The second-order valence-electron chi connectivity index (χ2n) is 5.34. The van der Waals surface area contributed by atoms with E-state index in [1.54, 1.807) is 6.26 Å². The number of aromatic nitrogens is 4. The van der Waals surface area contributed by atoms with Crippen LogP contribution in [0.15, 0.2) is 29.1 Å². The summed E-state index contributed by atoms with van der Waals surface area (Å²) >= 11 is 0. The highest BCUT2D eigenvalue weighted by molar-refractivity contribution is 5.84. The molecule has 1 unspecified atom stereocenters. The zero-order valence-corrected chi connectivity index (χ0v) is 12.0. The maximum absolute atomic E-state index is 5.97. The van der Waals surface area contributed by atoms with Crippen LogP contribution in [0.3, 0.4) is 0 Å². The first kappa shape index (κ1) is 13.1. The second kappa shape index (κ2) is 5.30. The molecular weight excluding hydrogens is 282 g/mol. The summed E-state index contributed by atoms with van der Waals surface area (Å²) in [5, 5.41) is 10.9. The summed E-state index contributed by atoms with van der Waals surface area (Å²) in [4.78, 5) is 8.72. The lowest BCUT2D eigenvalue weighted by atomic mass is 10.2. The Labute approximate surface area is 126 Å². The van der Waals surface area contributed by atoms with Gasteiger partial charge in [-0.2, -0.15) is 14.6 Å². The largest absolute Gasteiger partial charge is 0.464 e. The smallest absolute Gasteiger partial charge is 0.225 e. The molecule has 1 aliphatic heterocycles. The van der Waals surface area contributed by atoms with Gasteiger partial charge in [0, 0.05) is 12.6 Å². The van der Waals surface area contributed by atoms with E-state index >= 15 is 0 Å². The number of nitrogens with two attached hydrogens (primary N) is 1. The molecule has 3 aromatic rings. The molecule has 0 aliphatic carbocycles. The van der Waals surface area contributed by atoms with Crippen molar-refractivity contribution in [3.8, 4) is 11.3 Å². The van der Waals surface area contributed by atoms with Gasteiger partial charge in [0.1, 0.15) is 23.5 Å². The van der Waals surface area contributed by atoms with E-state index in [-0.39, 0.29) is 0 Å². The van der Waals surface area contributed by atoms with Crippen molar-refractivity contribution in [3.63, 3.8) is 0 Å². The van der Waals surface area contributed by atoms with E-state index in [0.29, 0.717) is 29.2 Å². The van der Waals surface area contributed by atoms with Gasteiger partial charge in [0.15, 0.2) is 5.65 Å². The van der Waals surface area contributed by atoms with Crippen LogP contribution in [0.1, 0.15) is 12.8 Å². The molecule has 4 heterocycles. The van der Waals surface area contributed by atoms with Gasteiger partial charge >= 0.3 is 0 Å². The third kappa shape index (κ3) is 2.17. The molecule has 1 saturated heterocycles. The topological polar surface area (TPSA) is 106 Å². The number of rotatable bonds is 4. The molecule has 1 atom stereocenters. The van der Waals surface area contributed by atoms with Crippen molar-refractivity contribution in [1.29, 1.82) is 0 Å². The molecule has 8 nitrogen and oxygen atoms in total. The van der Waals surface area contributed by atoms with Crippen LogP contribution >= 0.6 is 0 Å². The van der Waals surface area contributed by atoms with Gasteiger partial charge in [0.05, 0.1) is 6.26 Å². The second-order valence-corrected chi connectivity index (χ2v) is 5.34. The third-order valence-corrected chi connectivity index (χ3v) is 3.90. The Balaban J connectivity index is 1.76. The molecule has 0 saturated carbocycles. The average molecular weight is 299 g/mol. The fourth-order valence-electron chi connectivity index (χ4n) is 2.83. The van der Waals surface area contributed by atoms with Gasteiger partial charge in [-0.25, -0.2) is 4.98 Å². The van der Waals surface area contributed by atoms with E-state index in [9.17, 15) is 0 Å². The molecule has 0 spiro atoms. The highest BCUT2D eigenvalue weighted by Crippen LogP contribution is 2.31. The lowest BCUT2D eigenvalue weighted by Crippen LogP contribution is -2.29. The van der Waals surface area contributed by atoms with Gasteiger partial charge in [-0.15, -0.1) is 0 Å². The fourth-order valence-corrected chi connectivity index (χ4v) is 2.83. The van der Waals surface area contributed by atoms with Crippen molar-refractivity contribution >= 4 is 17.4 Å². The monoisotopic (exact) mass is 299 g/mol. The van der Waals surface area contributed by atoms with Crippen LogP contribution in [-0.2, 0) is 0 Å². The van der Waals surface area contributed by atoms with E-state index in [4.69, 9.17) is 10.2 Å². The number of nitrogens with zero attached hydrogens (tertiary/aromatic N) is 4. The summed E-state index contributed by atoms with van der Waals surface area (Å²) in [6.45, 7) is 1.85. The van der Waals surface area contributed by atoms with Crippen LogP contribution in [0, 0.1) is 0 Å². The Bertz CT molecular complexity index is 774. The molecule has 1 fully saturated rings. The van der Waals surface area contributed by atoms with E-state index in [2.05, 4.69) is 25.7 Å². The molecule has 22 heavy (non-hydrogen) atoms. The van der Waals surface area contributed by atoms with Gasteiger partial charge in [-0.1, -0.05) is 0 Å². The van der Waals surface area contributed by atoms with E-state index in [1.807, 2.05) is 12.1 Å². The lowest BCUT2D eigenvalue weighted by molar-refractivity contribution is 0.582. The zero-order valence-electron chi connectivity index (χ0n) is 12.0. The Morgan fingerprint density at radius 3 is 3.23 bits per heavy atom. The number of anilines is 2. The van der Waals surface area contributed by atoms with Crippen LogP contribution in [0.25, 0.3) is 17.0 Å². The molecule has 114 valence electrons. The highest BCUT2D eigenvalue weighted by atomic mass is 16.3. The van der Waals surface area contributed by atoms with Crippen LogP contribution in [0.4, 0.5) is 11.8 Å². The number of hydrogen-bond donors (Lipinski definition) is 3. The molecule has 4 rings (SSSR count). The van der Waals surface area contributed by atoms with Crippen LogP contribution < -0.4 is 16.4 Å². The first-order valence-corrected chi connectivity index (χ1v) is 7.33. The summed E-state index contributed by atoms with van der Waals surface area (Å²) in [6, 6.07) is 4.16.